The Bertz CT molecular complexity index is 816. The summed E-state index contributed by atoms with van der Waals surface area (Å²) in [6.07, 6.45) is 2.02. The molecule has 2 aromatic rings. The van der Waals surface area contributed by atoms with Gasteiger partial charge in [0.2, 0.25) is 0 Å². The van der Waals surface area contributed by atoms with Crippen molar-refractivity contribution >= 4 is 17.6 Å². The molecule has 0 aromatic heterocycles. The lowest BCUT2D eigenvalue weighted by Gasteiger charge is -2.19. The lowest BCUT2D eigenvalue weighted by molar-refractivity contribution is 0.0697. The molecule has 0 saturated heterocycles. The first-order valence-corrected chi connectivity index (χ1v) is 8.26. The largest absolute Gasteiger partial charge is 0.489 e. The summed E-state index contributed by atoms with van der Waals surface area (Å²) in [4.78, 5) is 10.9. The predicted octanol–water partition coefficient (Wildman–Crippen LogP) is 4.74. The molecule has 3 rings (SSSR count). The molecule has 25 heavy (non-hydrogen) atoms. The second kappa shape index (κ2) is 6.63. The Morgan fingerprint density at radius 3 is 2.24 bits per heavy atom. The quantitative estimate of drug-likeness (QED) is 0.821. The molecule has 0 saturated carbocycles. The lowest BCUT2D eigenvalue weighted by Crippen LogP contribution is -2.26. The van der Waals surface area contributed by atoms with E-state index in [1.807, 2.05) is 31.2 Å². The fraction of sp³-hybridized carbons (Fsp3) is 0.286. The van der Waals surface area contributed by atoms with Gasteiger partial charge in [-0.15, -0.1) is 0 Å². The molecule has 0 spiro atoms. The number of fused-ring (bicyclic) bond motifs is 1. The van der Waals surface area contributed by atoms with E-state index < -0.39 is 5.97 Å². The van der Waals surface area contributed by atoms with Crippen LogP contribution in [0.4, 0.5) is 0 Å². The van der Waals surface area contributed by atoms with Crippen LogP contribution in [0.3, 0.4) is 0 Å². The van der Waals surface area contributed by atoms with Crippen LogP contribution in [0.1, 0.15) is 42.3 Å². The molecular formula is C21H22O4. The molecule has 1 heterocycles. The summed E-state index contributed by atoms with van der Waals surface area (Å²) in [5.74, 6) is 0.614. The predicted molar refractivity (Wildman–Crippen MR) is 98.2 cm³/mol. The summed E-state index contributed by atoms with van der Waals surface area (Å²) in [5.41, 5.74) is 3.33. The number of rotatable bonds is 3. The maximum Gasteiger partial charge on any atom is 0.335 e. The zero-order chi connectivity index (χ0) is 18.0. The van der Waals surface area contributed by atoms with Crippen molar-refractivity contribution in [1.29, 1.82) is 0 Å². The zero-order valence-electron chi connectivity index (χ0n) is 14.7. The van der Waals surface area contributed by atoms with E-state index in [1.165, 1.54) is 0 Å². The molecule has 0 unspecified atom stereocenters. The van der Waals surface area contributed by atoms with Gasteiger partial charge in [-0.3, -0.25) is 0 Å². The van der Waals surface area contributed by atoms with Gasteiger partial charge in [-0.2, -0.15) is 0 Å². The minimum Gasteiger partial charge on any atom is -0.489 e. The number of aromatic carboxylic acids is 1. The first-order chi connectivity index (χ1) is 11.8. The number of benzene rings is 2. The fourth-order valence-electron chi connectivity index (χ4n) is 2.63. The van der Waals surface area contributed by atoms with E-state index in [2.05, 4.69) is 13.8 Å². The van der Waals surface area contributed by atoms with Gasteiger partial charge in [0.25, 0.3) is 0 Å². The van der Waals surface area contributed by atoms with E-state index in [9.17, 15) is 4.79 Å². The third-order valence-corrected chi connectivity index (χ3v) is 4.18. The van der Waals surface area contributed by atoms with Gasteiger partial charge in [-0.25, -0.2) is 4.79 Å². The summed E-state index contributed by atoms with van der Waals surface area (Å²) in [6, 6.07) is 12.8. The smallest absolute Gasteiger partial charge is 0.335 e. The van der Waals surface area contributed by atoms with Crippen molar-refractivity contribution in [1.82, 2.24) is 0 Å². The van der Waals surface area contributed by atoms with Crippen molar-refractivity contribution in [3.8, 4) is 11.5 Å². The first-order valence-electron chi connectivity index (χ1n) is 8.26. The molecule has 0 radical (unpaired) electrons. The number of carbonyl (C=O) groups is 1. The molecule has 2 aromatic carbocycles. The molecule has 4 heteroatoms. The summed E-state index contributed by atoms with van der Waals surface area (Å²) in [6.45, 7) is 7.50. The van der Waals surface area contributed by atoms with Crippen molar-refractivity contribution < 1.29 is 19.4 Å². The first kappa shape index (κ1) is 17.1. The highest BCUT2D eigenvalue weighted by Gasteiger charge is 2.25. The van der Waals surface area contributed by atoms with E-state index in [0.717, 1.165) is 28.2 Å². The van der Waals surface area contributed by atoms with Crippen LogP contribution in [0.5, 0.6) is 11.5 Å². The number of allylic oxidation sites excluding steroid dienone is 1. The fourth-order valence-corrected chi connectivity index (χ4v) is 2.63. The third-order valence-electron chi connectivity index (χ3n) is 4.18. The number of carboxylic acids is 1. The Kier molecular flexibility index (Phi) is 4.53. The van der Waals surface area contributed by atoms with E-state index in [1.54, 1.807) is 24.3 Å². The highest BCUT2D eigenvalue weighted by atomic mass is 16.5. The van der Waals surface area contributed by atoms with E-state index in [-0.39, 0.29) is 11.0 Å². The van der Waals surface area contributed by atoms with E-state index in [0.29, 0.717) is 13.2 Å². The second-order valence-corrected chi connectivity index (χ2v) is 7.16. The van der Waals surface area contributed by atoms with Gasteiger partial charge in [0.15, 0.2) is 11.5 Å². The molecule has 1 aliphatic heterocycles. The SMILES string of the molecule is C/C(=C\c1ccc(C(=O)O)cc1)c1ccc2c(c1)OCC(C)(C)CO2. The zero-order valence-corrected chi connectivity index (χ0v) is 14.7. The Morgan fingerprint density at radius 2 is 1.60 bits per heavy atom. The van der Waals surface area contributed by atoms with Gasteiger partial charge in [-0.1, -0.05) is 38.1 Å². The molecule has 1 N–H and O–H groups in total. The van der Waals surface area contributed by atoms with E-state index >= 15 is 0 Å². The van der Waals surface area contributed by atoms with Crippen molar-refractivity contribution in [2.45, 2.75) is 20.8 Å². The van der Waals surface area contributed by atoms with Crippen molar-refractivity contribution in [3.05, 3.63) is 59.2 Å². The molecule has 0 bridgehead atoms. The van der Waals surface area contributed by atoms with Crippen LogP contribution in [0.2, 0.25) is 0 Å². The average Bonchev–Trinajstić information content (AvgIpc) is 2.73. The van der Waals surface area contributed by atoms with Gasteiger partial charge >= 0.3 is 5.97 Å². The summed E-state index contributed by atoms with van der Waals surface area (Å²) in [7, 11) is 0. The molecule has 130 valence electrons. The van der Waals surface area contributed by atoms with E-state index in [4.69, 9.17) is 14.6 Å². The van der Waals surface area contributed by atoms with Crippen LogP contribution < -0.4 is 9.47 Å². The van der Waals surface area contributed by atoms with Crippen LogP contribution in [-0.4, -0.2) is 24.3 Å². The third kappa shape index (κ3) is 4.02. The Hall–Kier alpha value is -2.75. The lowest BCUT2D eigenvalue weighted by atomic mass is 9.97. The number of carboxylic acid groups (broad SMARTS) is 1. The molecule has 4 nitrogen and oxygen atoms in total. The number of ether oxygens (including phenoxy) is 2. The molecule has 0 amide bonds. The summed E-state index contributed by atoms with van der Waals surface area (Å²) in [5, 5.41) is 8.97. The highest BCUT2D eigenvalue weighted by molar-refractivity contribution is 5.88. The van der Waals surface area contributed by atoms with Crippen molar-refractivity contribution in [2.75, 3.05) is 13.2 Å². The van der Waals surface area contributed by atoms with Crippen LogP contribution in [0, 0.1) is 5.41 Å². The van der Waals surface area contributed by atoms with Gasteiger partial charge in [-0.05, 0) is 47.9 Å². The molecule has 1 aliphatic rings. The number of hydrogen-bond acceptors (Lipinski definition) is 3. The molecule has 0 aliphatic carbocycles. The standard InChI is InChI=1S/C21H22O4/c1-14(10-15-4-6-16(7-5-15)20(22)23)17-8-9-18-19(11-17)25-13-21(2,3)12-24-18/h4-11H,12-13H2,1-3H3,(H,22,23)/b14-10+. The van der Waals surface area contributed by atoms with Crippen molar-refractivity contribution in [2.24, 2.45) is 5.41 Å². The highest BCUT2D eigenvalue weighted by Crippen LogP contribution is 2.36. The summed E-state index contributed by atoms with van der Waals surface area (Å²) < 4.78 is 11.8. The maximum absolute atomic E-state index is 10.9. The van der Waals surface area contributed by atoms with Gasteiger partial charge < -0.3 is 14.6 Å². The van der Waals surface area contributed by atoms with Crippen LogP contribution in [-0.2, 0) is 0 Å². The molecule has 0 atom stereocenters. The normalized spacial score (nSPS) is 16.2. The molecule has 0 fully saturated rings. The van der Waals surface area contributed by atoms with Crippen molar-refractivity contribution in [3.63, 3.8) is 0 Å². The minimum absolute atomic E-state index is 0.0179. The Labute approximate surface area is 147 Å². The number of hydrogen-bond donors (Lipinski definition) is 1. The Morgan fingerprint density at radius 1 is 1.00 bits per heavy atom. The minimum atomic E-state index is -0.918. The van der Waals surface area contributed by atoms with Gasteiger partial charge in [0.1, 0.15) is 0 Å². The van der Waals surface area contributed by atoms with Gasteiger partial charge in [0.05, 0.1) is 18.8 Å². The monoisotopic (exact) mass is 338 g/mol. The van der Waals surface area contributed by atoms with Crippen LogP contribution >= 0.6 is 0 Å². The van der Waals surface area contributed by atoms with Crippen LogP contribution in [0.15, 0.2) is 42.5 Å². The van der Waals surface area contributed by atoms with Crippen LogP contribution in [0.25, 0.3) is 11.6 Å². The topological polar surface area (TPSA) is 55.8 Å². The molecular weight excluding hydrogens is 316 g/mol. The average molecular weight is 338 g/mol. The Balaban J connectivity index is 1.84. The second-order valence-electron chi connectivity index (χ2n) is 7.16. The summed E-state index contributed by atoms with van der Waals surface area (Å²) >= 11 is 0. The van der Waals surface area contributed by atoms with Gasteiger partial charge in [0, 0.05) is 5.41 Å². The maximum atomic E-state index is 10.9.